The Morgan fingerprint density at radius 1 is 1.28 bits per heavy atom. The van der Waals surface area contributed by atoms with Crippen molar-refractivity contribution in [3.8, 4) is 0 Å². The van der Waals surface area contributed by atoms with Crippen LogP contribution in [-0.2, 0) is 11.2 Å². The van der Waals surface area contributed by atoms with Gasteiger partial charge in [-0.2, -0.15) is 0 Å². The van der Waals surface area contributed by atoms with Crippen molar-refractivity contribution >= 4 is 0 Å². The van der Waals surface area contributed by atoms with E-state index in [1.807, 2.05) is 0 Å². The molecule has 100 valence electrons. The van der Waals surface area contributed by atoms with Crippen molar-refractivity contribution in [2.45, 2.75) is 44.6 Å². The minimum atomic E-state index is 0.528. The summed E-state index contributed by atoms with van der Waals surface area (Å²) >= 11 is 0. The van der Waals surface area contributed by atoms with Crippen LogP contribution in [0.4, 0.5) is 0 Å². The van der Waals surface area contributed by atoms with Gasteiger partial charge in [0, 0.05) is 6.61 Å². The topological polar surface area (TPSA) is 35.2 Å². The Morgan fingerprint density at radius 2 is 2.11 bits per heavy atom. The third-order valence-electron chi connectivity index (χ3n) is 3.86. The zero-order valence-electron chi connectivity index (χ0n) is 11.2. The number of ether oxygens (including phenoxy) is 1. The van der Waals surface area contributed by atoms with Gasteiger partial charge in [-0.3, -0.25) is 0 Å². The van der Waals surface area contributed by atoms with Crippen molar-refractivity contribution in [1.29, 1.82) is 0 Å². The average Bonchev–Trinajstić information content (AvgIpc) is 2.92. The normalized spacial score (nSPS) is 21.1. The van der Waals surface area contributed by atoms with E-state index in [9.17, 15) is 0 Å². The largest absolute Gasteiger partial charge is 0.378 e. The lowest BCUT2D eigenvalue weighted by Gasteiger charge is -2.16. The molecule has 1 aliphatic heterocycles. The highest BCUT2D eigenvalue weighted by molar-refractivity contribution is 5.15. The highest BCUT2D eigenvalue weighted by Crippen LogP contribution is 2.20. The van der Waals surface area contributed by atoms with Crippen LogP contribution in [0.1, 0.15) is 37.7 Å². The summed E-state index contributed by atoms with van der Waals surface area (Å²) in [6.07, 6.45) is 7.83. The molecule has 0 aliphatic carbocycles. The molecular weight excluding hydrogens is 222 g/mol. The fraction of sp³-hybridized carbons (Fsp3) is 0.625. The maximum atomic E-state index is 5.88. The molecule has 1 aromatic rings. The quantitative estimate of drug-likeness (QED) is 0.803. The molecule has 0 bridgehead atoms. The Hall–Kier alpha value is -0.860. The number of nitrogens with two attached hydrogens (primary N) is 1. The van der Waals surface area contributed by atoms with E-state index in [0.717, 1.165) is 19.6 Å². The van der Waals surface area contributed by atoms with Crippen LogP contribution in [0, 0.1) is 5.92 Å². The number of hydrogen-bond donors (Lipinski definition) is 1. The van der Waals surface area contributed by atoms with Crippen molar-refractivity contribution < 1.29 is 4.74 Å². The molecule has 2 N–H and O–H groups in total. The Morgan fingerprint density at radius 3 is 2.78 bits per heavy atom. The molecule has 0 aromatic heterocycles. The predicted molar refractivity (Wildman–Crippen MR) is 75.5 cm³/mol. The molecule has 2 atom stereocenters. The van der Waals surface area contributed by atoms with Crippen molar-refractivity contribution in [1.82, 2.24) is 0 Å². The lowest BCUT2D eigenvalue weighted by Crippen LogP contribution is -2.17. The average molecular weight is 247 g/mol. The van der Waals surface area contributed by atoms with E-state index in [2.05, 4.69) is 30.3 Å². The third kappa shape index (κ3) is 4.43. The number of hydrogen-bond acceptors (Lipinski definition) is 2. The maximum absolute atomic E-state index is 5.88. The van der Waals surface area contributed by atoms with Gasteiger partial charge in [0.25, 0.3) is 0 Å². The molecule has 2 heteroatoms. The van der Waals surface area contributed by atoms with Crippen molar-refractivity contribution in [3.63, 3.8) is 0 Å². The first kappa shape index (κ1) is 13.6. The number of rotatable bonds is 7. The van der Waals surface area contributed by atoms with Crippen LogP contribution in [-0.4, -0.2) is 19.3 Å². The van der Waals surface area contributed by atoms with Crippen LogP contribution in [0.5, 0.6) is 0 Å². The first-order valence-electron chi connectivity index (χ1n) is 7.24. The zero-order valence-corrected chi connectivity index (χ0v) is 11.2. The lowest BCUT2D eigenvalue weighted by atomic mass is 9.93. The summed E-state index contributed by atoms with van der Waals surface area (Å²) < 4.78 is 5.66. The molecule has 1 heterocycles. The molecule has 0 spiro atoms. The molecule has 2 nitrogen and oxygen atoms in total. The van der Waals surface area contributed by atoms with E-state index < -0.39 is 0 Å². The molecule has 18 heavy (non-hydrogen) atoms. The molecule has 0 saturated carbocycles. The second-order valence-corrected chi connectivity index (χ2v) is 5.36. The van der Waals surface area contributed by atoms with E-state index >= 15 is 0 Å². The summed E-state index contributed by atoms with van der Waals surface area (Å²) in [7, 11) is 0. The monoisotopic (exact) mass is 247 g/mol. The number of benzene rings is 1. The molecular formula is C16H25NO. The summed E-state index contributed by atoms with van der Waals surface area (Å²) in [5, 5.41) is 0. The van der Waals surface area contributed by atoms with Gasteiger partial charge < -0.3 is 10.5 Å². The van der Waals surface area contributed by atoms with Crippen LogP contribution in [0.2, 0.25) is 0 Å². The molecule has 1 saturated heterocycles. The maximum Gasteiger partial charge on any atom is 0.0576 e. The molecule has 1 fully saturated rings. The van der Waals surface area contributed by atoms with Gasteiger partial charge in [-0.05, 0) is 50.1 Å². The molecule has 2 unspecified atom stereocenters. The molecule has 0 radical (unpaired) electrons. The van der Waals surface area contributed by atoms with Crippen LogP contribution in [0.25, 0.3) is 0 Å². The van der Waals surface area contributed by atoms with Crippen LogP contribution >= 0.6 is 0 Å². The Labute approximate surface area is 111 Å². The second kappa shape index (κ2) is 7.55. The minimum Gasteiger partial charge on any atom is -0.378 e. The van der Waals surface area contributed by atoms with Crippen molar-refractivity contribution in [2.24, 2.45) is 11.7 Å². The van der Waals surface area contributed by atoms with Gasteiger partial charge >= 0.3 is 0 Å². The summed E-state index contributed by atoms with van der Waals surface area (Å²) in [5.74, 6) is 0.619. The van der Waals surface area contributed by atoms with Crippen LogP contribution in [0.3, 0.4) is 0 Å². The SMILES string of the molecule is NCC(CCCC1CCCO1)Cc1ccccc1. The van der Waals surface area contributed by atoms with Crippen LogP contribution < -0.4 is 5.73 Å². The first-order valence-corrected chi connectivity index (χ1v) is 7.24. The summed E-state index contributed by atoms with van der Waals surface area (Å²) in [6.45, 7) is 1.76. The molecule has 1 aromatic carbocycles. The first-order chi connectivity index (χ1) is 8.88. The lowest BCUT2D eigenvalue weighted by molar-refractivity contribution is 0.101. The van der Waals surface area contributed by atoms with Gasteiger partial charge in [0.05, 0.1) is 6.10 Å². The smallest absolute Gasteiger partial charge is 0.0576 e. The van der Waals surface area contributed by atoms with E-state index in [1.54, 1.807) is 0 Å². The van der Waals surface area contributed by atoms with Crippen LogP contribution in [0.15, 0.2) is 30.3 Å². The van der Waals surface area contributed by atoms with Gasteiger partial charge in [0.2, 0.25) is 0 Å². The highest BCUT2D eigenvalue weighted by atomic mass is 16.5. The minimum absolute atomic E-state index is 0.528. The van der Waals surface area contributed by atoms with Crippen molar-refractivity contribution in [2.75, 3.05) is 13.2 Å². The van der Waals surface area contributed by atoms with Gasteiger partial charge in [0.1, 0.15) is 0 Å². The molecule has 0 amide bonds. The molecule has 1 aliphatic rings. The van der Waals surface area contributed by atoms with E-state index in [4.69, 9.17) is 10.5 Å². The van der Waals surface area contributed by atoms with Gasteiger partial charge in [-0.1, -0.05) is 36.8 Å². The highest BCUT2D eigenvalue weighted by Gasteiger charge is 2.16. The Balaban J connectivity index is 1.68. The summed E-state index contributed by atoms with van der Waals surface area (Å²) in [6, 6.07) is 10.7. The van der Waals surface area contributed by atoms with E-state index in [-0.39, 0.29) is 0 Å². The van der Waals surface area contributed by atoms with Gasteiger partial charge in [-0.25, -0.2) is 0 Å². The molecule has 2 rings (SSSR count). The van der Waals surface area contributed by atoms with Gasteiger partial charge in [0.15, 0.2) is 0 Å². The summed E-state index contributed by atoms with van der Waals surface area (Å²) in [4.78, 5) is 0. The third-order valence-corrected chi connectivity index (χ3v) is 3.86. The van der Waals surface area contributed by atoms with E-state index in [0.29, 0.717) is 12.0 Å². The van der Waals surface area contributed by atoms with E-state index in [1.165, 1.54) is 37.7 Å². The second-order valence-electron chi connectivity index (χ2n) is 5.36. The van der Waals surface area contributed by atoms with Gasteiger partial charge in [-0.15, -0.1) is 0 Å². The predicted octanol–water partition coefficient (Wildman–Crippen LogP) is 3.15. The standard InChI is InChI=1S/C16H25NO/c17-13-15(12-14-6-2-1-3-7-14)8-4-9-16-10-5-11-18-16/h1-3,6-7,15-16H,4-5,8-13,17H2. The van der Waals surface area contributed by atoms with Crippen molar-refractivity contribution in [3.05, 3.63) is 35.9 Å². The fourth-order valence-electron chi connectivity index (χ4n) is 2.76. The Kier molecular flexibility index (Phi) is 5.69. The Bertz CT molecular complexity index is 319. The fourth-order valence-corrected chi connectivity index (χ4v) is 2.76. The zero-order chi connectivity index (χ0) is 12.6. The summed E-state index contributed by atoms with van der Waals surface area (Å²) in [5.41, 5.74) is 7.29.